The van der Waals surface area contributed by atoms with Crippen LogP contribution >= 0.6 is 0 Å². The average molecular weight is 1740 g/mol. The standard InChI is InChI=1S/4C24H38N2O4/c4*1-14(2)9-17-13-26-8-7-16-10-21(28-5)22(29-6)11-18(16)19(26)12-20(17)30-24(27)23(25)15(3)4/h4*10-11,14-15,17,19-20,23H,7-9,12-13,25H2,1-6H3/t4*17?,19?,20?,23-/m0000/s1/i2*1D3,5D3,9D2,10D,11D,12D2,13D2,14D,17D,19D,20D;2*1D3,9D2,10D,11D,12D2,13D2,14D,17D,19D,20D/t4*14?,17?,19?,20?,23-. The van der Waals surface area contributed by atoms with E-state index in [-0.39, 0.29) is 45.3 Å². The second-order valence-corrected chi connectivity index (χ2v) is 29.0. The molecular weight excluding hydrogens is 1520 g/mol. The van der Waals surface area contributed by atoms with Crippen LogP contribution in [0.4, 0.5) is 0 Å². The predicted molar refractivity (Wildman–Crippen MR) is 471 cm³/mol. The topological polar surface area (TPSA) is 296 Å². The summed E-state index contributed by atoms with van der Waals surface area (Å²) >= 11 is 0. The number of carbonyl (C=O) groups excluding carboxylic acids is 4. The fraction of sp³-hybridized carbons (Fsp3) is 0.708. The van der Waals surface area contributed by atoms with E-state index in [1.807, 2.05) is 0 Å². The lowest BCUT2D eigenvalue weighted by Gasteiger charge is -2.47. The molecule has 0 aromatic heterocycles. The third-order valence-electron chi connectivity index (χ3n) is 18.7. The first kappa shape index (κ1) is 40.4. The van der Waals surface area contributed by atoms with Crippen LogP contribution in [0.5, 0.6) is 46.0 Å². The largest absolute Gasteiger partial charge is 0.493 e. The van der Waals surface area contributed by atoms with Crippen molar-refractivity contribution in [1.82, 2.24) is 19.6 Å². The van der Waals surface area contributed by atoms with Gasteiger partial charge >= 0.3 is 23.9 Å². The van der Waals surface area contributed by atoms with Gasteiger partial charge < -0.3 is 79.8 Å². The molecule has 0 bridgehead atoms. The molecule has 24 heteroatoms. The van der Waals surface area contributed by atoms with Gasteiger partial charge in [-0.05, 0) is 191 Å². The molecular formula is C96H152N8O16. The molecule has 20 atom stereocenters. The molecule has 4 saturated heterocycles. The van der Waals surface area contributed by atoms with Crippen LogP contribution < -0.4 is 60.8 Å². The number of esters is 4. The predicted octanol–water partition coefficient (Wildman–Crippen LogP) is 14.3. The molecule has 8 N–H and O–H groups in total. The Bertz CT molecular complexity index is 6930. The molecule has 8 heterocycles. The summed E-state index contributed by atoms with van der Waals surface area (Å²) in [5, 5.41) is 0. The fourth-order valence-corrected chi connectivity index (χ4v) is 12.0. The van der Waals surface area contributed by atoms with Crippen LogP contribution in [0, 0.1) is 70.8 Å². The van der Waals surface area contributed by atoms with Crippen molar-refractivity contribution in [3.05, 3.63) is 92.8 Å². The lowest BCUT2D eigenvalue weighted by atomic mass is 9.79. The van der Waals surface area contributed by atoms with E-state index in [1.165, 1.54) is 69.6 Å². The number of piperidine rings is 4. The van der Waals surface area contributed by atoms with E-state index in [0.717, 1.165) is 28.4 Å². The molecule has 4 aromatic carbocycles. The molecule has 0 saturated carbocycles. The summed E-state index contributed by atoms with van der Waals surface area (Å²) in [4.78, 5) is 54.6. The minimum Gasteiger partial charge on any atom is -0.493 e. The van der Waals surface area contributed by atoms with Gasteiger partial charge in [0, 0.05) is 186 Å². The number of hydrogen-bond donors (Lipinski definition) is 4. The highest BCUT2D eigenvalue weighted by atomic mass is 16.6. The maximum atomic E-state index is 13.4. The minimum atomic E-state index is -4.27. The summed E-state index contributed by atoms with van der Waals surface area (Å²) in [5.41, 5.74) is 19.2. The summed E-state index contributed by atoms with van der Waals surface area (Å²) in [6.45, 7) is -19.4. The van der Waals surface area contributed by atoms with Gasteiger partial charge in [0.1, 0.15) is 48.5 Å². The van der Waals surface area contributed by atoms with Crippen molar-refractivity contribution in [1.29, 1.82) is 0 Å². The molecule has 0 spiro atoms. The summed E-state index contributed by atoms with van der Waals surface area (Å²) in [6, 6.07) is -26.2. The van der Waals surface area contributed by atoms with Gasteiger partial charge in [0.25, 0.3) is 0 Å². The smallest absolute Gasteiger partial charge is 0.323 e. The number of benzene rings is 4. The number of rotatable bonds is 28. The quantitative estimate of drug-likeness (QED) is 0.0303. The van der Waals surface area contributed by atoms with Gasteiger partial charge in [-0.2, -0.15) is 0 Å². The van der Waals surface area contributed by atoms with Gasteiger partial charge in [-0.3, -0.25) is 38.8 Å². The summed E-state index contributed by atoms with van der Waals surface area (Å²) in [6.07, 6.45) is -50.9. The number of nitrogens with two attached hydrogens (primary N) is 4. The first-order valence-corrected chi connectivity index (χ1v) is 37.8. The molecule has 24 nitrogen and oxygen atoms in total. The van der Waals surface area contributed by atoms with Crippen LogP contribution in [0.2, 0.25) is 0 Å². The van der Waals surface area contributed by atoms with Crippen LogP contribution in [0.3, 0.4) is 0 Å². The molecule has 0 aliphatic carbocycles. The Morgan fingerprint density at radius 1 is 0.367 bits per heavy atom. The number of ether oxygens (including phenoxy) is 12. The van der Waals surface area contributed by atoms with E-state index in [2.05, 4.69) is 0 Å². The number of fused-ring (bicyclic) bond motifs is 12. The van der Waals surface area contributed by atoms with Gasteiger partial charge in [0.15, 0.2) is 46.0 Å². The molecule has 672 valence electrons. The Labute approximate surface area is 811 Å². The van der Waals surface area contributed by atoms with E-state index < -0.39 is 441 Å². The van der Waals surface area contributed by atoms with Crippen molar-refractivity contribution in [3.63, 3.8) is 0 Å². The van der Waals surface area contributed by atoms with Gasteiger partial charge in [-0.1, -0.05) is 110 Å². The third kappa shape index (κ3) is 23.8. The zero-order valence-electron chi connectivity index (χ0n) is 136. The average Bonchev–Trinajstić information content (AvgIpc) is 0.647. The van der Waals surface area contributed by atoms with E-state index in [1.54, 1.807) is 0 Å². The Morgan fingerprint density at radius 2 is 0.558 bits per heavy atom. The molecule has 16 unspecified atom stereocenters. The Balaban J connectivity index is 0.000000270. The summed E-state index contributed by atoms with van der Waals surface area (Å²) in [7, 11) is 0.0810. The number of carbonyl (C=O) groups is 4. The Hall–Kier alpha value is -7.16. The Morgan fingerprint density at radius 3 is 0.733 bits per heavy atom. The van der Waals surface area contributed by atoms with Crippen LogP contribution in [0.25, 0.3) is 0 Å². The minimum absolute atomic E-state index is 0.176. The Kier molecular flexibility index (Phi) is 14.8. The normalized spacial score (nSPS) is 46.7. The SMILES string of the molecule is [2H]c1c2c(c([2H])c(OC)c1OC([2H])([2H])[2H])C1([2H])N(CC2)C([2H])([2H])C([2H])(C([2H])([2H])C([2H])(C)C([2H])([2H])[2H])C([2H])(OC(=O)[C@@H](N)C(C)C)C1([2H])[2H].[2H]c1c2c(c([2H])c(OC)c1OC([2H])([2H])[2H])C1([2H])N(CC2)C([2H])([2H])C([2H])(C([2H])([2H])C([2H])(C)C([2H])([2H])[2H])C([2H])(OC(=O)[C@@H](N)C(C)C)C1([2H])[2H].[2H]c1c2c(c([2H])c(OC)c1OC)C1([2H])N(CC2)C([2H])([2H])C([2H])(C([2H])([2H])C([2H])(C)C([2H])([2H])[2H])C([2H])(OC(=O)[C@@H](N)C(C)C)C1([2H])[2H].[2H]c1c2c(c([2H])c(OC)c1OC)C1([2H])N(CC2)C([2H])([2H])C([2H])(C([2H])([2H])C([2H])(C)C([2H])([2H])[2H])C([2H])(OC(=O)[C@@H](N)C(C)C)C1([2H])[2H]. The van der Waals surface area contributed by atoms with Gasteiger partial charge in [-0.15, -0.1) is 0 Å². The van der Waals surface area contributed by atoms with Crippen LogP contribution in [0.1, 0.15) is 321 Å². The van der Waals surface area contributed by atoms with E-state index in [0.29, 0.717) is 37.5 Å². The third-order valence-corrected chi connectivity index (χ3v) is 18.7. The van der Waals surface area contributed by atoms with Crippen molar-refractivity contribution in [3.8, 4) is 46.0 Å². The molecule has 8 aliphatic heterocycles. The molecule has 4 aromatic rings. The first-order chi connectivity index (χ1) is 82.5. The van der Waals surface area contributed by atoms with E-state index >= 15 is 0 Å². The second kappa shape index (κ2) is 43.9. The number of nitrogens with zero attached hydrogens (tertiary/aromatic N) is 4. The lowest BCUT2D eigenvalue weighted by molar-refractivity contribution is -0.161. The highest BCUT2D eigenvalue weighted by Gasteiger charge is 2.47. The maximum Gasteiger partial charge on any atom is 0.323 e. The zero-order chi connectivity index (χ0) is 146. The van der Waals surface area contributed by atoms with Gasteiger partial charge in [0.05, 0.1) is 86.9 Å². The molecule has 4 fully saturated rings. The first-order valence-electron chi connectivity index (χ1n) is 70.8. The second-order valence-electron chi connectivity index (χ2n) is 29.0. The van der Waals surface area contributed by atoms with E-state index in [9.17, 15) is 57.6 Å². The van der Waals surface area contributed by atoms with Crippen molar-refractivity contribution in [2.45, 2.75) is 260 Å². The van der Waals surface area contributed by atoms with Crippen LogP contribution in [-0.2, 0) is 63.8 Å². The van der Waals surface area contributed by atoms with Crippen molar-refractivity contribution in [2.24, 2.45) is 93.8 Å². The maximum absolute atomic E-state index is 13.4. The molecule has 0 amide bonds. The zero-order valence-corrected chi connectivity index (χ0v) is 69.9. The molecule has 8 aliphatic rings. The number of hydrogen-bond acceptors (Lipinski definition) is 24. The highest BCUT2D eigenvalue weighted by molar-refractivity contribution is 5.77. The van der Waals surface area contributed by atoms with E-state index in [4.69, 9.17) is 132 Å². The summed E-state index contributed by atoms with van der Waals surface area (Å²) in [5.74, 6) is -44.6. The van der Waals surface area contributed by atoms with Crippen molar-refractivity contribution in [2.75, 3.05) is 109 Å². The van der Waals surface area contributed by atoms with Crippen LogP contribution in [-0.4, -0.2) is 201 Å². The van der Waals surface area contributed by atoms with Crippen molar-refractivity contribution >= 4 is 23.9 Å². The monoisotopic (exact) mass is 1740 g/mol. The van der Waals surface area contributed by atoms with Crippen molar-refractivity contribution < 1.29 is 166 Å². The molecule has 0 radical (unpaired) electrons. The highest BCUT2D eigenvalue weighted by Crippen LogP contribution is 2.50. The summed E-state index contributed by atoms with van der Waals surface area (Å²) < 4.78 is 639. The van der Waals surface area contributed by atoms with Gasteiger partial charge in [0.2, 0.25) is 0 Å². The molecule has 120 heavy (non-hydrogen) atoms. The molecule has 12 rings (SSSR count). The van der Waals surface area contributed by atoms with Gasteiger partial charge in [-0.25, -0.2) is 0 Å². The number of methoxy groups -OCH3 is 8. The van der Waals surface area contributed by atoms with Crippen LogP contribution in [0.15, 0.2) is 48.3 Å². The fourth-order valence-electron chi connectivity index (χ4n) is 12.0. The lowest BCUT2D eigenvalue weighted by Crippen LogP contribution is -2.51.